The van der Waals surface area contributed by atoms with E-state index in [2.05, 4.69) is 20.6 Å². The monoisotopic (exact) mass is 380 g/mol. The van der Waals surface area contributed by atoms with Crippen molar-refractivity contribution in [1.29, 1.82) is 0 Å². The molecule has 1 atom stereocenters. The molecule has 0 bridgehead atoms. The van der Waals surface area contributed by atoms with Gasteiger partial charge in [-0.2, -0.15) is 4.98 Å². The van der Waals surface area contributed by atoms with Crippen LogP contribution in [-0.2, 0) is 6.54 Å². The van der Waals surface area contributed by atoms with E-state index < -0.39 is 0 Å². The fourth-order valence-electron chi connectivity index (χ4n) is 2.78. The number of halogens is 1. The maximum absolute atomic E-state index is 13.9. The fraction of sp³-hybridized carbons (Fsp3) is 0.273. The van der Waals surface area contributed by atoms with Gasteiger partial charge in [-0.25, -0.2) is 9.37 Å². The molecule has 0 aliphatic rings. The summed E-state index contributed by atoms with van der Waals surface area (Å²) in [5.74, 6) is 0.958. The highest BCUT2D eigenvalue weighted by molar-refractivity contribution is 5.64. The Balaban J connectivity index is 1.89. The van der Waals surface area contributed by atoms with Crippen molar-refractivity contribution in [3.05, 3.63) is 72.0 Å². The molecular formula is C22H25FN4O. The molecule has 0 aliphatic carbocycles. The summed E-state index contributed by atoms with van der Waals surface area (Å²) in [6.07, 6.45) is 0. The molecule has 0 amide bonds. The number of hydrogen-bond donors (Lipinski definition) is 3. The maximum atomic E-state index is 13.9. The Bertz CT molecular complexity index is 902. The van der Waals surface area contributed by atoms with E-state index in [4.69, 9.17) is 0 Å². The van der Waals surface area contributed by atoms with Gasteiger partial charge in [0.15, 0.2) is 0 Å². The molecule has 28 heavy (non-hydrogen) atoms. The predicted octanol–water partition coefficient (Wildman–Crippen LogP) is 4.32. The summed E-state index contributed by atoms with van der Waals surface area (Å²) in [5, 5.41) is 16.0. The molecule has 0 unspecified atom stereocenters. The molecule has 0 aliphatic heterocycles. The van der Waals surface area contributed by atoms with Crippen LogP contribution in [0, 0.1) is 11.7 Å². The quantitative estimate of drug-likeness (QED) is 0.543. The first-order chi connectivity index (χ1) is 13.6. The van der Waals surface area contributed by atoms with Crippen LogP contribution in [0.5, 0.6) is 0 Å². The second-order valence-electron chi connectivity index (χ2n) is 6.95. The van der Waals surface area contributed by atoms with Gasteiger partial charge >= 0.3 is 0 Å². The normalized spacial score (nSPS) is 12.0. The van der Waals surface area contributed by atoms with Crippen molar-refractivity contribution in [2.75, 3.05) is 17.2 Å². The van der Waals surface area contributed by atoms with E-state index in [1.807, 2.05) is 50.2 Å². The van der Waals surface area contributed by atoms with E-state index >= 15 is 0 Å². The van der Waals surface area contributed by atoms with Crippen LogP contribution in [-0.4, -0.2) is 27.7 Å². The Morgan fingerprint density at radius 3 is 2.39 bits per heavy atom. The van der Waals surface area contributed by atoms with E-state index in [-0.39, 0.29) is 24.4 Å². The van der Waals surface area contributed by atoms with Gasteiger partial charge in [-0.05, 0) is 12.0 Å². The second-order valence-corrected chi connectivity index (χ2v) is 6.95. The zero-order chi connectivity index (χ0) is 19.9. The molecule has 0 fully saturated rings. The van der Waals surface area contributed by atoms with Crippen LogP contribution in [0.1, 0.15) is 19.4 Å². The van der Waals surface area contributed by atoms with Crippen LogP contribution >= 0.6 is 0 Å². The van der Waals surface area contributed by atoms with Crippen LogP contribution in [0.25, 0.3) is 11.3 Å². The third-order valence-electron chi connectivity index (χ3n) is 4.53. The van der Waals surface area contributed by atoms with Gasteiger partial charge in [0.1, 0.15) is 11.6 Å². The molecule has 0 saturated heterocycles. The molecular weight excluding hydrogens is 355 g/mol. The Morgan fingerprint density at radius 2 is 1.71 bits per heavy atom. The largest absolute Gasteiger partial charge is 0.394 e. The zero-order valence-electron chi connectivity index (χ0n) is 16.1. The van der Waals surface area contributed by atoms with Crippen molar-refractivity contribution in [3.63, 3.8) is 0 Å². The Kier molecular flexibility index (Phi) is 6.55. The number of aliphatic hydroxyl groups excluding tert-OH is 1. The van der Waals surface area contributed by atoms with Crippen LogP contribution in [0.4, 0.5) is 16.2 Å². The van der Waals surface area contributed by atoms with Gasteiger partial charge in [0.05, 0.1) is 18.3 Å². The van der Waals surface area contributed by atoms with Crippen molar-refractivity contribution >= 4 is 11.8 Å². The lowest BCUT2D eigenvalue weighted by atomic mass is 10.1. The minimum atomic E-state index is -0.258. The number of aliphatic hydroxyl groups is 1. The second kappa shape index (κ2) is 9.28. The van der Waals surface area contributed by atoms with E-state index in [1.54, 1.807) is 18.2 Å². The molecule has 1 heterocycles. The number of nitrogens with one attached hydrogen (secondary N) is 2. The van der Waals surface area contributed by atoms with E-state index in [9.17, 15) is 9.50 Å². The molecule has 0 saturated carbocycles. The maximum Gasteiger partial charge on any atom is 0.225 e. The molecule has 3 rings (SSSR count). The summed E-state index contributed by atoms with van der Waals surface area (Å²) in [4.78, 5) is 9.11. The van der Waals surface area contributed by atoms with E-state index in [0.29, 0.717) is 23.9 Å². The number of aromatic nitrogens is 2. The van der Waals surface area contributed by atoms with Crippen LogP contribution in [0.2, 0.25) is 0 Å². The molecule has 3 aromatic rings. The lowest BCUT2D eigenvalue weighted by Gasteiger charge is -2.20. The minimum Gasteiger partial charge on any atom is -0.394 e. The Morgan fingerprint density at radius 1 is 1.00 bits per heavy atom. The summed E-state index contributed by atoms with van der Waals surface area (Å²) in [5.41, 5.74) is 2.26. The topological polar surface area (TPSA) is 70.1 Å². The van der Waals surface area contributed by atoms with E-state index in [1.165, 1.54) is 6.07 Å². The summed E-state index contributed by atoms with van der Waals surface area (Å²) in [6.45, 7) is 4.33. The minimum absolute atomic E-state index is 0.0193. The highest BCUT2D eigenvalue weighted by Crippen LogP contribution is 2.23. The number of benzene rings is 2. The Hall–Kier alpha value is -2.99. The highest BCUT2D eigenvalue weighted by Gasteiger charge is 2.15. The van der Waals surface area contributed by atoms with E-state index in [0.717, 1.165) is 11.3 Å². The van der Waals surface area contributed by atoms with Gasteiger partial charge in [-0.1, -0.05) is 62.4 Å². The average molecular weight is 380 g/mol. The van der Waals surface area contributed by atoms with Crippen LogP contribution < -0.4 is 10.6 Å². The Labute approximate surface area is 164 Å². The number of rotatable bonds is 8. The smallest absolute Gasteiger partial charge is 0.225 e. The molecule has 1 aromatic heterocycles. The highest BCUT2D eigenvalue weighted by atomic mass is 19.1. The third-order valence-corrected chi connectivity index (χ3v) is 4.53. The molecule has 3 N–H and O–H groups in total. The SMILES string of the molecule is CC(C)[C@H](CO)Nc1nc(NCc2ccccc2F)cc(-c2ccccc2)n1. The fourth-order valence-corrected chi connectivity index (χ4v) is 2.78. The summed E-state index contributed by atoms with van der Waals surface area (Å²) < 4.78 is 13.9. The van der Waals surface area contributed by atoms with Crippen LogP contribution in [0.3, 0.4) is 0 Å². The van der Waals surface area contributed by atoms with Gasteiger partial charge in [0.2, 0.25) is 5.95 Å². The molecule has 6 heteroatoms. The zero-order valence-corrected chi connectivity index (χ0v) is 16.1. The number of hydrogen-bond acceptors (Lipinski definition) is 5. The van der Waals surface area contributed by atoms with Crippen molar-refractivity contribution in [3.8, 4) is 11.3 Å². The van der Waals surface area contributed by atoms with Crippen molar-refractivity contribution in [2.45, 2.75) is 26.4 Å². The standard InChI is InChI=1S/C22H25FN4O/c1-15(2)20(14-28)26-22-25-19(16-8-4-3-5-9-16)12-21(27-22)24-13-17-10-6-7-11-18(17)23/h3-12,15,20,28H,13-14H2,1-2H3,(H2,24,25,26,27)/t20-/m0/s1. The lowest BCUT2D eigenvalue weighted by Crippen LogP contribution is -2.30. The van der Waals surface area contributed by atoms with Gasteiger partial charge < -0.3 is 15.7 Å². The summed E-state index contributed by atoms with van der Waals surface area (Å²) in [6, 6.07) is 18.1. The first-order valence-electron chi connectivity index (χ1n) is 9.36. The van der Waals surface area contributed by atoms with Gasteiger partial charge in [-0.3, -0.25) is 0 Å². The van der Waals surface area contributed by atoms with Gasteiger partial charge in [0, 0.05) is 23.7 Å². The van der Waals surface area contributed by atoms with Crippen LogP contribution in [0.15, 0.2) is 60.7 Å². The molecule has 5 nitrogen and oxygen atoms in total. The lowest BCUT2D eigenvalue weighted by molar-refractivity contribution is 0.248. The number of nitrogens with zero attached hydrogens (tertiary/aromatic N) is 2. The molecule has 0 radical (unpaired) electrons. The summed E-state index contributed by atoms with van der Waals surface area (Å²) in [7, 11) is 0. The molecule has 0 spiro atoms. The average Bonchev–Trinajstić information content (AvgIpc) is 2.71. The van der Waals surface area contributed by atoms with Crippen molar-refractivity contribution in [2.24, 2.45) is 5.92 Å². The summed E-state index contributed by atoms with van der Waals surface area (Å²) >= 11 is 0. The number of anilines is 2. The molecule has 2 aromatic carbocycles. The van der Waals surface area contributed by atoms with Gasteiger partial charge in [-0.15, -0.1) is 0 Å². The third kappa shape index (κ3) is 5.04. The van der Waals surface area contributed by atoms with Crippen molar-refractivity contribution < 1.29 is 9.50 Å². The molecule has 146 valence electrons. The van der Waals surface area contributed by atoms with Gasteiger partial charge in [0.25, 0.3) is 0 Å². The first kappa shape index (κ1) is 19.8. The van der Waals surface area contributed by atoms with Crippen molar-refractivity contribution in [1.82, 2.24) is 9.97 Å². The predicted molar refractivity (Wildman–Crippen MR) is 111 cm³/mol. The first-order valence-corrected chi connectivity index (χ1v) is 9.36.